The molecule has 6 nitrogen and oxygen atoms in total. The van der Waals surface area contributed by atoms with Crippen LogP contribution in [0.2, 0.25) is 0 Å². The van der Waals surface area contributed by atoms with E-state index in [9.17, 15) is 9.59 Å². The van der Waals surface area contributed by atoms with Crippen LogP contribution in [0.5, 0.6) is 0 Å². The van der Waals surface area contributed by atoms with Gasteiger partial charge in [-0.1, -0.05) is 0 Å². The van der Waals surface area contributed by atoms with E-state index in [-0.39, 0.29) is 17.9 Å². The fourth-order valence-corrected chi connectivity index (χ4v) is 1.31. The second-order valence-corrected chi connectivity index (χ2v) is 3.23. The van der Waals surface area contributed by atoms with Crippen LogP contribution in [0.25, 0.3) is 0 Å². The normalized spacial score (nSPS) is 20.0. The van der Waals surface area contributed by atoms with Gasteiger partial charge in [-0.05, 0) is 0 Å². The number of carbonyl (C=O) groups excluding carboxylic acids is 2. The van der Waals surface area contributed by atoms with Crippen molar-refractivity contribution in [2.24, 2.45) is 9.98 Å². The van der Waals surface area contributed by atoms with E-state index in [1.165, 1.54) is 20.3 Å². The van der Waals surface area contributed by atoms with Gasteiger partial charge in [0.15, 0.2) is 0 Å². The van der Waals surface area contributed by atoms with Crippen molar-refractivity contribution in [3.63, 3.8) is 0 Å². The third-order valence-corrected chi connectivity index (χ3v) is 2.00. The van der Waals surface area contributed by atoms with Crippen molar-refractivity contribution in [2.45, 2.75) is 25.4 Å². The largest absolute Gasteiger partial charge is 0.357 e. The smallest absolute Gasteiger partial charge is 0.242 e. The van der Waals surface area contributed by atoms with E-state index in [0.29, 0.717) is 6.42 Å². The van der Waals surface area contributed by atoms with Crippen LogP contribution < -0.4 is 10.6 Å². The second-order valence-electron chi connectivity index (χ2n) is 3.23. The van der Waals surface area contributed by atoms with Gasteiger partial charge in [0.25, 0.3) is 0 Å². The minimum absolute atomic E-state index is 0.126. The van der Waals surface area contributed by atoms with E-state index >= 15 is 0 Å². The molecule has 2 unspecified atom stereocenters. The van der Waals surface area contributed by atoms with Crippen molar-refractivity contribution in [2.75, 3.05) is 7.05 Å². The first kappa shape index (κ1) is 11.4. The zero-order chi connectivity index (χ0) is 11.3. The molecule has 0 saturated carbocycles. The lowest BCUT2D eigenvalue weighted by atomic mass is 10.1. The molecule has 2 amide bonds. The monoisotopic (exact) mass is 210 g/mol. The number of nitrogens with zero attached hydrogens (tertiary/aromatic N) is 2. The van der Waals surface area contributed by atoms with Gasteiger partial charge in [-0.25, -0.2) is 4.99 Å². The number of hydrogen-bond acceptors (Lipinski definition) is 4. The molecule has 1 heterocycles. The summed E-state index contributed by atoms with van der Waals surface area (Å²) in [5.41, 5.74) is 0. The van der Waals surface area contributed by atoms with Crippen molar-refractivity contribution in [1.82, 2.24) is 10.6 Å². The molecule has 2 N–H and O–H groups in total. The van der Waals surface area contributed by atoms with Crippen LogP contribution in [-0.4, -0.2) is 43.5 Å². The minimum Gasteiger partial charge on any atom is -0.357 e. The van der Waals surface area contributed by atoms with E-state index in [0.717, 1.165) is 0 Å². The zero-order valence-corrected chi connectivity index (χ0v) is 8.73. The lowest BCUT2D eigenvalue weighted by Crippen LogP contribution is -2.46. The molecular formula is C9H14N4O2. The lowest BCUT2D eigenvalue weighted by Gasteiger charge is -2.17. The zero-order valence-electron chi connectivity index (χ0n) is 8.73. The topological polar surface area (TPSA) is 82.9 Å². The third-order valence-electron chi connectivity index (χ3n) is 2.00. The molecule has 0 fully saturated rings. The Labute approximate surface area is 87.9 Å². The Kier molecular flexibility index (Phi) is 3.96. The standard InChI is InChI=1S/C9H14N4O2/c1-6(14)13-8(9(15)10-2)3-7-4-11-5-12-7/h4-5,7-8H,3H2,1-2H3,(H,10,15)(H,13,14). The maximum Gasteiger partial charge on any atom is 0.242 e. The Balaban J connectivity index is 2.55. The van der Waals surface area contributed by atoms with E-state index in [1.54, 1.807) is 6.21 Å². The molecule has 0 aromatic heterocycles. The summed E-state index contributed by atoms with van der Waals surface area (Å²) in [6, 6.07) is -0.682. The molecule has 0 bridgehead atoms. The number of aliphatic imine (C=N–C) groups is 2. The summed E-state index contributed by atoms with van der Waals surface area (Å²) in [4.78, 5) is 30.1. The number of amides is 2. The molecule has 2 atom stereocenters. The summed E-state index contributed by atoms with van der Waals surface area (Å²) < 4.78 is 0. The third kappa shape index (κ3) is 3.49. The average Bonchev–Trinajstić information content (AvgIpc) is 2.67. The van der Waals surface area contributed by atoms with Crippen LogP contribution in [0.1, 0.15) is 13.3 Å². The Morgan fingerprint density at radius 2 is 2.27 bits per heavy atom. The van der Waals surface area contributed by atoms with Gasteiger partial charge in [-0.3, -0.25) is 14.6 Å². The Hall–Kier alpha value is -1.72. The highest BCUT2D eigenvalue weighted by atomic mass is 16.2. The predicted octanol–water partition coefficient (Wildman–Crippen LogP) is -0.891. The summed E-state index contributed by atoms with van der Waals surface area (Å²) in [5.74, 6) is -0.455. The average molecular weight is 210 g/mol. The van der Waals surface area contributed by atoms with E-state index in [2.05, 4.69) is 20.6 Å². The number of carbonyl (C=O) groups is 2. The fourth-order valence-electron chi connectivity index (χ4n) is 1.31. The number of rotatable bonds is 4. The molecule has 1 aliphatic heterocycles. The van der Waals surface area contributed by atoms with Crippen molar-refractivity contribution in [3.05, 3.63) is 0 Å². The van der Waals surface area contributed by atoms with Crippen molar-refractivity contribution in [3.8, 4) is 0 Å². The number of likely N-dealkylation sites (N-methyl/N-ethyl adjacent to an activating group) is 1. The Morgan fingerprint density at radius 3 is 2.73 bits per heavy atom. The molecule has 6 heteroatoms. The van der Waals surface area contributed by atoms with Crippen LogP contribution in [-0.2, 0) is 9.59 Å². The summed E-state index contributed by atoms with van der Waals surface area (Å²) >= 11 is 0. The molecule has 0 radical (unpaired) electrons. The summed E-state index contributed by atoms with van der Waals surface area (Å²) in [6.07, 6.45) is 3.52. The van der Waals surface area contributed by atoms with Gasteiger partial charge in [0, 0.05) is 26.6 Å². The highest BCUT2D eigenvalue weighted by Crippen LogP contribution is 2.04. The molecule has 82 valence electrons. The Morgan fingerprint density at radius 1 is 1.53 bits per heavy atom. The van der Waals surface area contributed by atoms with Gasteiger partial charge < -0.3 is 10.6 Å². The first-order valence-corrected chi connectivity index (χ1v) is 4.67. The van der Waals surface area contributed by atoms with Crippen LogP contribution >= 0.6 is 0 Å². The van der Waals surface area contributed by atoms with Crippen LogP contribution in [0.3, 0.4) is 0 Å². The first-order valence-electron chi connectivity index (χ1n) is 4.67. The molecule has 1 rings (SSSR count). The molecule has 1 aliphatic rings. The van der Waals surface area contributed by atoms with Crippen molar-refractivity contribution < 1.29 is 9.59 Å². The number of nitrogens with one attached hydrogen (secondary N) is 2. The minimum atomic E-state index is -0.556. The summed E-state index contributed by atoms with van der Waals surface area (Å²) in [5, 5.41) is 5.07. The Bertz CT molecular complexity index is 299. The van der Waals surface area contributed by atoms with Gasteiger partial charge in [-0.15, -0.1) is 0 Å². The van der Waals surface area contributed by atoms with Crippen LogP contribution in [0.4, 0.5) is 0 Å². The van der Waals surface area contributed by atoms with Gasteiger partial charge in [0.2, 0.25) is 11.8 Å². The highest BCUT2D eigenvalue weighted by Gasteiger charge is 2.22. The van der Waals surface area contributed by atoms with Crippen molar-refractivity contribution in [1.29, 1.82) is 0 Å². The maximum absolute atomic E-state index is 11.4. The number of hydrogen-bond donors (Lipinski definition) is 2. The molecule has 0 aliphatic carbocycles. The molecule has 0 aromatic carbocycles. The first-order chi connectivity index (χ1) is 7.13. The fraction of sp³-hybridized carbons (Fsp3) is 0.556. The molecule has 15 heavy (non-hydrogen) atoms. The van der Waals surface area contributed by atoms with Gasteiger partial charge in [0.1, 0.15) is 12.4 Å². The lowest BCUT2D eigenvalue weighted by molar-refractivity contribution is -0.127. The van der Waals surface area contributed by atoms with E-state index in [1.807, 2.05) is 0 Å². The summed E-state index contributed by atoms with van der Waals surface area (Å²) in [7, 11) is 1.53. The molecule has 0 spiro atoms. The maximum atomic E-state index is 11.4. The molecule has 0 aromatic rings. The highest BCUT2D eigenvalue weighted by molar-refractivity contribution is 5.88. The SMILES string of the molecule is CNC(=O)C(CC1C=NC=N1)NC(C)=O. The van der Waals surface area contributed by atoms with Crippen molar-refractivity contribution >= 4 is 24.4 Å². The molecular weight excluding hydrogens is 196 g/mol. The summed E-state index contributed by atoms with van der Waals surface area (Å²) in [6.45, 7) is 1.38. The van der Waals surface area contributed by atoms with Gasteiger partial charge in [-0.2, -0.15) is 0 Å². The van der Waals surface area contributed by atoms with Crippen LogP contribution in [0.15, 0.2) is 9.98 Å². The van der Waals surface area contributed by atoms with Gasteiger partial charge in [0.05, 0.1) is 6.04 Å². The molecule has 0 saturated heterocycles. The predicted molar refractivity (Wildman–Crippen MR) is 57.1 cm³/mol. The van der Waals surface area contributed by atoms with E-state index < -0.39 is 6.04 Å². The van der Waals surface area contributed by atoms with Crippen LogP contribution in [0, 0.1) is 0 Å². The van der Waals surface area contributed by atoms with E-state index in [4.69, 9.17) is 0 Å². The second kappa shape index (κ2) is 5.23. The quantitative estimate of drug-likeness (QED) is 0.631. The van der Waals surface area contributed by atoms with Gasteiger partial charge >= 0.3 is 0 Å².